The lowest BCUT2D eigenvalue weighted by Gasteiger charge is -2.11. The Hall–Kier alpha value is -1.80. The van der Waals surface area contributed by atoms with E-state index in [4.69, 9.17) is 0 Å². The maximum Gasteiger partial charge on any atom is 0.282 e. The molecule has 0 unspecified atom stereocenters. The molecule has 1 aromatic heterocycles. The van der Waals surface area contributed by atoms with Gasteiger partial charge < -0.3 is 0 Å². The number of aromatic nitrogens is 3. The predicted octanol–water partition coefficient (Wildman–Crippen LogP) is 1.19. The van der Waals surface area contributed by atoms with Crippen LogP contribution >= 0.6 is 0 Å². The van der Waals surface area contributed by atoms with Crippen LogP contribution in [0.15, 0.2) is 35.5 Å². The van der Waals surface area contributed by atoms with E-state index in [9.17, 15) is 12.8 Å². The lowest BCUT2D eigenvalue weighted by atomic mass is 10.0. The van der Waals surface area contributed by atoms with E-state index in [2.05, 4.69) is 14.8 Å². The molecule has 0 amide bonds. The molecule has 3 rings (SSSR count). The summed E-state index contributed by atoms with van der Waals surface area (Å²) < 4.78 is 40.9. The molecule has 2 heterocycles. The van der Waals surface area contributed by atoms with Gasteiger partial charge in [-0.15, -0.1) is 5.10 Å². The van der Waals surface area contributed by atoms with Crippen molar-refractivity contribution in [3.8, 4) is 0 Å². The number of nitrogens with zero attached hydrogens (tertiary/aromatic N) is 3. The van der Waals surface area contributed by atoms with Crippen LogP contribution in [0.3, 0.4) is 0 Å². The molecular formula is C12H13FN4O2S. The van der Waals surface area contributed by atoms with Crippen LogP contribution in [0.1, 0.15) is 30.0 Å². The minimum atomic E-state index is -3.76. The summed E-state index contributed by atoms with van der Waals surface area (Å²) in [7, 11) is -2.50. The largest absolute Gasteiger partial charge is 0.282 e. The monoisotopic (exact) mass is 296 g/mol. The number of halogens is 1. The highest BCUT2D eigenvalue weighted by Crippen LogP contribution is 2.39. The Labute approximate surface area is 115 Å². The summed E-state index contributed by atoms with van der Waals surface area (Å²) >= 11 is 0. The number of rotatable bonds is 3. The van der Waals surface area contributed by atoms with Gasteiger partial charge in [0.05, 0.1) is 6.04 Å². The maximum absolute atomic E-state index is 14.0. The van der Waals surface area contributed by atoms with Gasteiger partial charge in [-0.2, -0.15) is 4.98 Å². The number of hydrogen-bond donors (Lipinski definition) is 1. The topological polar surface area (TPSA) is 76.9 Å². The molecule has 0 saturated heterocycles. The van der Waals surface area contributed by atoms with Gasteiger partial charge >= 0.3 is 0 Å². The van der Waals surface area contributed by atoms with Crippen LogP contribution in [0, 0.1) is 0 Å². The lowest BCUT2D eigenvalue weighted by molar-refractivity contribution is 0.326. The molecule has 8 heteroatoms. The molecule has 0 bridgehead atoms. The van der Waals surface area contributed by atoms with Gasteiger partial charge in [-0.05, 0) is 12.6 Å². The third-order valence-corrected chi connectivity index (χ3v) is 4.53. The highest BCUT2D eigenvalue weighted by atomic mass is 32.2. The van der Waals surface area contributed by atoms with Crippen LogP contribution in [0.5, 0.6) is 0 Å². The Morgan fingerprint density at radius 2 is 2.05 bits per heavy atom. The first-order valence-corrected chi connectivity index (χ1v) is 7.60. The molecule has 1 aliphatic rings. The minimum absolute atomic E-state index is 0.0627. The van der Waals surface area contributed by atoms with Crippen LogP contribution < -0.4 is 4.72 Å². The quantitative estimate of drug-likeness (QED) is 0.923. The second kappa shape index (κ2) is 4.64. The second-order valence-corrected chi connectivity index (χ2v) is 6.31. The average molecular weight is 296 g/mol. The third kappa shape index (κ3) is 2.01. The van der Waals surface area contributed by atoms with Crippen molar-refractivity contribution in [1.82, 2.24) is 19.5 Å². The van der Waals surface area contributed by atoms with Gasteiger partial charge in [-0.25, -0.2) is 22.2 Å². The zero-order valence-electron chi connectivity index (χ0n) is 10.7. The number of nitrogens with one attached hydrogen (secondary N) is 1. The van der Waals surface area contributed by atoms with Crippen molar-refractivity contribution in [1.29, 1.82) is 0 Å². The first kappa shape index (κ1) is 13.2. The third-order valence-electron chi connectivity index (χ3n) is 3.34. The van der Waals surface area contributed by atoms with Gasteiger partial charge in [-0.1, -0.05) is 30.3 Å². The normalized spacial score (nSPS) is 21.9. The molecule has 0 saturated carbocycles. The van der Waals surface area contributed by atoms with Crippen molar-refractivity contribution in [2.75, 3.05) is 7.05 Å². The maximum atomic E-state index is 14.0. The fraction of sp³-hybridized carbons (Fsp3) is 0.333. The van der Waals surface area contributed by atoms with Crippen molar-refractivity contribution in [2.45, 2.75) is 23.8 Å². The summed E-state index contributed by atoms with van der Waals surface area (Å²) in [6.07, 6.45) is -1.09. The molecule has 2 atom stereocenters. The summed E-state index contributed by atoms with van der Waals surface area (Å²) in [6, 6.07) is 8.96. The first-order valence-electron chi connectivity index (χ1n) is 6.12. The van der Waals surface area contributed by atoms with Crippen LogP contribution in [0.25, 0.3) is 0 Å². The highest BCUT2D eigenvalue weighted by Gasteiger charge is 2.37. The Bertz CT molecular complexity index is 729. The number of fused-ring (bicyclic) bond motifs is 1. The van der Waals surface area contributed by atoms with Crippen LogP contribution in [-0.4, -0.2) is 30.2 Å². The van der Waals surface area contributed by atoms with E-state index in [0.29, 0.717) is 0 Å². The SMILES string of the molecule is CNS(=O)(=O)c1nc2n(n1)[C@H](c1ccccc1)C[C@@H]2F. The van der Waals surface area contributed by atoms with Crippen molar-refractivity contribution < 1.29 is 12.8 Å². The van der Waals surface area contributed by atoms with Gasteiger partial charge in [0.15, 0.2) is 12.0 Å². The smallest absolute Gasteiger partial charge is 0.239 e. The van der Waals surface area contributed by atoms with Crippen molar-refractivity contribution in [3.05, 3.63) is 41.7 Å². The number of alkyl halides is 1. The van der Waals surface area contributed by atoms with Gasteiger partial charge in [0.2, 0.25) is 0 Å². The summed E-state index contributed by atoms with van der Waals surface area (Å²) in [5, 5.41) is 3.57. The molecule has 1 N–H and O–H groups in total. The van der Waals surface area contributed by atoms with E-state index in [0.717, 1.165) is 5.56 Å². The van der Waals surface area contributed by atoms with Crippen molar-refractivity contribution in [3.63, 3.8) is 0 Å². The standard InChI is InChI=1S/C12H13FN4O2S/c1-14-20(18,19)12-15-11-9(13)7-10(17(11)16-12)8-5-3-2-4-6-8/h2-6,9-10,14H,7H2,1H3/t9-,10-/m0/s1. The van der Waals surface area contributed by atoms with Crippen LogP contribution in [-0.2, 0) is 10.0 Å². The fourth-order valence-corrected chi connectivity index (χ4v) is 2.91. The zero-order valence-corrected chi connectivity index (χ0v) is 11.5. The first-order chi connectivity index (χ1) is 9.53. The Morgan fingerprint density at radius 3 is 2.70 bits per heavy atom. The van der Waals surface area contributed by atoms with Gasteiger partial charge in [-0.3, -0.25) is 0 Å². The van der Waals surface area contributed by atoms with Crippen molar-refractivity contribution >= 4 is 10.0 Å². The molecule has 0 fully saturated rings. The zero-order chi connectivity index (χ0) is 14.3. The van der Waals surface area contributed by atoms with Gasteiger partial charge in [0.25, 0.3) is 15.2 Å². The lowest BCUT2D eigenvalue weighted by Crippen LogP contribution is -2.20. The summed E-state index contributed by atoms with van der Waals surface area (Å²) in [6.45, 7) is 0. The van der Waals surface area contributed by atoms with Crippen molar-refractivity contribution in [2.24, 2.45) is 0 Å². The van der Waals surface area contributed by atoms with Gasteiger partial charge in [0, 0.05) is 6.42 Å². The average Bonchev–Trinajstić information content (AvgIpc) is 3.01. The summed E-state index contributed by atoms with van der Waals surface area (Å²) in [5.74, 6) is 0.0627. The Balaban J connectivity index is 2.07. The molecule has 0 radical (unpaired) electrons. The van der Waals surface area contributed by atoms with E-state index in [1.54, 1.807) is 0 Å². The molecule has 0 spiro atoms. The summed E-state index contributed by atoms with van der Waals surface area (Å²) in [5.41, 5.74) is 0.882. The molecule has 6 nitrogen and oxygen atoms in total. The van der Waals surface area contributed by atoms with Crippen LogP contribution in [0.4, 0.5) is 4.39 Å². The number of hydrogen-bond acceptors (Lipinski definition) is 4. The molecular weight excluding hydrogens is 283 g/mol. The van der Waals surface area contributed by atoms with E-state index in [1.807, 2.05) is 30.3 Å². The number of sulfonamides is 1. The molecule has 106 valence electrons. The molecule has 0 aliphatic carbocycles. The second-order valence-electron chi connectivity index (χ2n) is 4.53. The van der Waals surface area contributed by atoms with Crippen LogP contribution in [0.2, 0.25) is 0 Å². The summed E-state index contributed by atoms with van der Waals surface area (Å²) in [4.78, 5) is 3.82. The molecule has 20 heavy (non-hydrogen) atoms. The Morgan fingerprint density at radius 1 is 1.35 bits per heavy atom. The Kier molecular flexibility index (Phi) is 3.06. The fourth-order valence-electron chi connectivity index (χ4n) is 2.32. The van der Waals surface area contributed by atoms with E-state index in [1.165, 1.54) is 11.7 Å². The number of benzene rings is 1. The van der Waals surface area contributed by atoms with E-state index >= 15 is 0 Å². The van der Waals surface area contributed by atoms with E-state index in [-0.39, 0.29) is 18.3 Å². The molecule has 2 aromatic rings. The highest BCUT2D eigenvalue weighted by molar-refractivity contribution is 7.89. The molecule has 1 aromatic carbocycles. The van der Waals surface area contributed by atoms with Gasteiger partial charge in [0.1, 0.15) is 0 Å². The minimum Gasteiger partial charge on any atom is -0.239 e. The molecule has 1 aliphatic heterocycles. The van der Waals surface area contributed by atoms with E-state index < -0.39 is 21.4 Å². The predicted molar refractivity (Wildman–Crippen MR) is 69.3 cm³/mol.